The van der Waals surface area contributed by atoms with E-state index in [0.717, 1.165) is 12.0 Å². The molecule has 3 N–H and O–H groups in total. The minimum absolute atomic E-state index is 0.399. The molecule has 4 heteroatoms. The molecule has 114 valence electrons. The highest BCUT2D eigenvalue weighted by atomic mass is 16.5. The first-order chi connectivity index (χ1) is 9.67. The average Bonchev–Trinajstić information content (AvgIpc) is 2.47. The number of aliphatic hydroxyl groups is 1. The van der Waals surface area contributed by atoms with E-state index in [1.54, 1.807) is 14.0 Å². The van der Waals surface area contributed by atoms with E-state index in [1.807, 2.05) is 30.3 Å². The second-order valence-electron chi connectivity index (χ2n) is 5.11. The summed E-state index contributed by atoms with van der Waals surface area (Å²) >= 11 is 0. The largest absolute Gasteiger partial charge is 0.392 e. The van der Waals surface area contributed by atoms with Crippen LogP contribution >= 0.6 is 0 Å². The van der Waals surface area contributed by atoms with Crippen LogP contribution in [0.1, 0.15) is 25.3 Å². The zero-order valence-electron chi connectivity index (χ0n) is 12.5. The first kappa shape index (κ1) is 17.1. The van der Waals surface area contributed by atoms with Crippen LogP contribution < -0.4 is 5.73 Å². The molecule has 0 aliphatic rings. The molecule has 0 aromatic heterocycles. The zero-order chi connectivity index (χ0) is 14.8. The number of aliphatic hydroxyl groups excluding tert-OH is 1. The molecule has 0 saturated heterocycles. The number of hydrogen-bond acceptors (Lipinski definition) is 4. The van der Waals surface area contributed by atoms with Gasteiger partial charge in [-0.15, -0.1) is 0 Å². The van der Waals surface area contributed by atoms with Crippen LogP contribution in [0.15, 0.2) is 30.3 Å². The van der Waals surface area contributed by atoms with Crippen molar-refractivity contribution in [2.24, 2.45) is 5.73 Å². The van der Waals surface area contributed by atoms with Crippen LogP contribution in [-0.4, -0.2) is 44.7 Å². The lowest BCUT2D eigenvalue weighted by molar-refractivity contribution is 0.0495. The molecule has 20 heavy (non-hydrogen) atoms. The molecule has 0 aliphatic heterocycles. The normalized spacial score (nSPS) is 15.8. The molecule has 0 radical (unpaired) electrons. The summed E-state index contributed by atoms with van der Waals surface area (Å²) in [6, 6.07) is 9.95. The molecule has 0 amide bonds. The summed E-state index contributed by atoms with van der Waals surface area (Å²) in [4.78, 5) is 0. The molecule has 1 aromatic rings. The van der Waals surface area contributed by atoms with Crippen LogP contribution in [0.3, 0.4) is 0 Å². The van der Waals surface area contributed by atoms with Gasteiger partial charge in [0.05, 0.1) is 6.10 Å². The maximum absolute atomic E-state index is 10.2. The van der Waals surface area contributed by atoms with Gasteiger partial charge in [-0.05, 0) is 25.3 Å². The standard InChI is InChI=1S/C16H27NO3/c1-14(18)16(13-17,15-7-4-3-5-8-15)9-12-20-11-6-10-19-2/h3-5,7-8,14,18H,6,9-13,17H2,1-2H3. The van der Waals surface area contributed by atoms with Gasteiger partial charge in [0.2, 0.25) is 0 Å². The molecule has 0 aliphatic carbocycles. The molecule has 2 unspecified atom stereocenters. The number of rotatable bonds is 10. The summed E-state index contributed by atoms with van der Waals surface area (Å²) in [5.74, 6) is 0. The van der Waals surface area contributed by atoms with E-state index >= 15 is 0 Å². The van der Waals surface area contributed by atoms with Crippen LogP contribution in [-0.2, 0) is 14.9 Å². The Morgan fingerprint density at radius 2 is 1.90 bits per heavy atom. The summed E-state index contributed by atoms with van der Waals surface area (Å²) < 4.78 is 10.6. The highest BCUT2D eigenvalue weighted by Crippen LogP contribution is 2.31. The molecule has 2 atom stereocenters. The molecule has 0 spiro atoms. The van der Waals surface area contributed by atoms with E-state index in [1.165, 1.54) is 0 Å². The van der Waals surface area contributed by atoms with Gasteiger partial charge < -0.3 is 20.3 Å². The summed E-state index contributed by atoms with van der Waals surface area (Å²) in [6.07, 6.45) is 1.07. The molecule has 1 rings (SSSR count). The van der Waals surface area contributed by atoms with Gasteiger partial charge in [-0.1, -0.05) is 30.3 Å². The van der Waals surface area contributed by atoms with Gasteiger partial charge >= 0.3 is 0 Å². The molecular formula is C16H27NO3. The van der Waals surface area contributed by atoms with Crippen molar-refractivity contribution in [3.63, 3.8) is 0 Å². The Kier molecular flexibility index (Phi) is 7.77. The Bertz CT molecular complexity index is 356. The lowest BCUT2D eigenvalue weighted by Gasteiger charge is -2.36. The van der Waals surface area contributed by atoms with Gasteiger partial charge in [-0.25, -0.2) is 0 Å². The number of methoxy groups -OCH3 is 1. The molecule has 4 nitrogen and oxygen atoms in total. The Hall–Kier alpha value is -0.940. The van der Waals surface area contributed by atoms with Crippen molar-refractivity contribution in [3.05, 3.63) is 35.9 Å². The third-order valence-electron chi connectivity index (χ3n) is 3.84. The zero-order valence-corrected chi connectivity index (χ0v) is 12.5. The quantitative estimate of drug-likeness (QED) is 0.641. The van der Waals surface area contributed by atoms with E-state index < -0.39 is 11.5 Å². The Balaban J connectivity index is 2.61. The summed E-state index contributed by atoms with van der Waals surface area (Å²) in [5.41, 5.74) is 6.59. The highest BCUT2D eigenvalue weighted by Gasteiger charge is 2.35. The van der Waals surface area contributed by atoms with E-state index in [2.05, 4.69) is 0 Å². The van der Waals surface area contributed by atoms with Crippen LogP contribution in [0.25, 0.3) is 0 Å². The van der Waals surface area contributed by atoms with Gasteiger partial charge in [-0.2, -0.15) is 0 Å². The van der Waals surface area contributed by atoms with Gasteiger partial charge in [0, 0.05) is 38.9 Å². The van der Waals surface area contributed by atoms with Crippen molar-refractivity contribution >= 4 is 0 Å². The topological polar surface area (TPSA) is 64.7 Å². The number of benzene rings is 1. The van der Waals surface area contributed by atoms with Crippen molar-refractivity contribution in [1.29, 1.82) is 0 Å². The maximum Gasteiger partial charge on any atom is 0.0621 e. The van der Waals surface area contributed by atoms with Crippen molar-refractivity contribution in [2.75, 3.05) is 33.5 Å². The average molecular weight is 281 g/mol. The fourth-order valence-corrected chi connectivity index (χ4v) is 2.42. The first-order valence-electron chi connectivity index (χ1n) is 7.17. The number of ether oxygens (including phenoxy) is 2. The summed E-state index contributed by atoms with van der Waals surface area (Å²) in [5, 5.41) is 10.2. The van der Waals surface area contributed by atoms with Crippen LogP contribution in [0.5, 0.6) is 0 Å². The Labute approximate surface area is 121 Å². The molecule has 0 heterocycles. The maximum atomic E-state index is 10.2. The lowest BCUT2D eigenvalue weighted by atomic mass is 9.74. The van der Waals surface area contributed by atoms with Gasteiger partial charge in [0.25, 0.3) is 0 Å². The van der Waals surface area contributed by atoms with E-state index in [-0.39, 0.29) is 0 Å². The summed E-state index contributed by atoms with van der Waals surface area (Å²) in [7, 11) is 1.68. The fraction of sp³-hybridized carbons (Fsp3) is 0.625. The third kappa shape index (κ3) is 4.56. The van der Waals surface area contributed by atoms with Crippen LogP contribution in [0, 0.1) is 0 Å². The number of nitrogens with two attached hydrogens (primary N) is 1. The fourth-order valence-electron chi connectivity index (χ4n) is 2.42. The van der Waals surface area contributed by atoms with E-state index in [4.69, 9.17) is 15.2 Å². The first-order valence-corrected chi connectivity index (χ1v) is 7.17. The minimum Gasteiger partial charge on any atom is -0.392 e. The molecule has 1 aromatic carbocycles. The van der Waals surface area contributed by atoms with Gasteiger partial charge in [0.1, 0.15) is 0 Å². The third-order valence-corrected chi connectivity index (χ3v) is 3.84. The second-order valence-corrected chi connectivity index (χ2v) is 5.11. The van der Waals surface area contributed by atoms with Crippen LogP contribution in [0.4, 0.5) is 0 Å². The van der Waals surface area contributed by atoms with E-state index in [9.17, 15) is 5.11 Å². The lowest BCUT2D eigenvalue weighted by Crippen LogP contribution is -2.45. The minimum atomic E-state index is -0.516. The molecular weight excluding hydrogens is 254 g/mol. The number of hydrogen-bond donors (Lipinski definition) is 2. The van der Waals surface area contributed by atoms with Crippen molar-refractivity contribution < 1.29 is 14.6 Å². The SMILES string of the molecule is COCCCOCCC(CN)(c1ccccc1)C(C)O. The Morgan fingerprint density at radius 1 is 1.20 bits per heavy atom. The van der Waals surface area contributed by atoms with Gasteiger partial charge in [-0.3, -0.25) is 0 Å². The van der Waals surface area contributed by atoms with Crippen molar-refractivity contribution in [3.8, 4) is 0 Å². The van der Waals surface area contributed by atoms with Gasteiger partial charge in [0.15, 0.2) is 0 Å². The summed E-state index contributed by atoms with van der Waals surface area (Å²) in [6.45, 7) is 4.15. The second kappa shape index (κ2) is 9.08. The monoisotopic (exact) mass is 281 g/mol. The van der Waals surface area contributed by atoms with Crippen molar-refractivity contribution in [1.82, 2.24) is 0 Å². The van der Waals surface area contributed by atoms with E-state index in [0.29, 0.717) is 32.8 Å². The molecule has 0 bridgehead atoms. The smallest absolute Gasteiger partial charge is 0.0621 e. The molecule has 0 saturated carbocycles. The highest BCUT2D eigenvalue weighted by molar-refractivity contribution is 5.27. The Morgan fingerprint density at radius 3 is 2.45 bits per heavy atom. The van der Waals surface area contributed by atoms with Crippen LogP contribution in [0.2, 0.25) is 0 Å². The van der Waals surface area contributed by atoms with Crippen molar-refractivity contribution in [2.45, 2.75) is 31.3 Å². The predicted octanol–water partition coefficient (Wildman–Crippen LogP) is 1.71. The predicted molar refractivity (Wildman–Crippen MR) is 80.8 cm³/mol. The molecule has 0 fully saturated rings.